The molecule has 0 fully saturated rings. The molecule has 6 N–H and O–H groups in total. The molecule has 0 heterocycles. The van der Waals surface area contributed by atoms with Crippen molar-refractivity contribution < 1.29 is 89.3 Å². The molecule has 64 heavy (non-hydrogen) atoms. The van der Waals surface area contributed by atoms with Gasteiger partial charge in [-0.2, -0.15) is 0 Å². The van der Waals surface area contributed by atoms with Crippen molar-refractivity contribution in [3.05, 3.63) is 0 Å². The highest BCUT2D eigenvalue weighted by molar-refractivity contribution is 7.47. The van der Waals surface area contributed by atoms with E-state index < -0.39 is 61.3 Å². The molecule has 24 heteroatoms. The van der Waals surface area contributed by atoms with Crippen LogP contribution in [0.3, 0.4) is 0 Å². The van der Waals surface area contributed by atoms with Crippen molar-refractivity contribution in [2.24, 2.45) is 23.7 Å². The second kappa shape index (κ2) is 38.5. The average molecular weight is 989 g/mol. The van der Waals surface area contributed by atoms with Gasteiger partial charge in [0.1, 0.15) is 11.6 Å². The Kier molecular flexibility index (Phi) is 40.1. The van der Waals surface area contributed by atoms with E-state index in [0.717, 1.165) is 25.8 Å². The minimum absolute atomic E-state index is 0.0354. The van der Waals surface area contributed by atoms with Gasteiger partial charge < -0.3 is 39.9 Å². The van der Waals surface area contributed by atoms with Crippen LogP contribution in [0.4, 0.5) is 0 Å². The minimum atomic E-state index is -4.19. The molecule has 0 aliphatic carbocycles. The predicted octanol–water partition coefficient (Wildman–Crippen LogP) is 6.99. The number of aliphatic hydroxyl groups is 1. The third kappa shape index (κ3) is 47.0. The molecule has 0 aromatic rings. The van der Waals surface area contributed by atoms with Gasteiger partial charge in [-0.3, -0.25) is 46.3 Å². The summed E-state index contributed by atoms with van der Waals surface area (Å²) in [5, 5.41) is 14.7. The van der Waals surface area contributed by atoms with Gasteiger partial charge in [0.05, 0.1) is 44.7 Å². The first-order valence-electron chi connectivity index (χ1n) is 21.9. The number of unbranched alkanes of at least 4 members (excludes halogenated alkanes) is 2. The topological polar surface area (TPSA) is 298 Å². The Bertz CT molecular complexity index is 1360. The molecule has 0 aliphatic rings. The van der Waals surface area contributed by atoms with E-state index >= 15 is 0 Å². The Morgan fingerprint density at radius 2 is 0.859 bits per heavy atom. The monoisotopic (exact) mass is 988 g/mol. The van der Waals surface area contributed by atoms with Gasteiger partial charge in [-0.25, -0.2) is 13.7 Å². The zero-order valence-electron chi connectivity index (χ0n) is 40.3. The summed E-state index contributed by atoms with van der Waals surface area (Å²) in [7, 11) is -12.4. The van der Waals surface area contributed by atoms with Crippen LogP contribution in [0.25, 0.3) is 0 Å². The first-order chi connectivity index (χ1) is 29.5. The van der Waals surface area contributed by atoms with Crippen LogP contribution in [0.5, 0.6) is 0 Å². The minimum Gasteiger partial charge on any atom is -0.396 e. The summed E-state index contributed by atoms with van der Waals surface area (Å²) >= 11 is 0. The Labute approximate surface area is 381 Å². The van der Waals surface area contributed by atoms with Gasteiger partial charge in [0, 0.05) is 56.5 Å². The van der Waals surface area contributed by atoms with E-state index in [1.165, 1.54) is 0 Å². The average Bonchev–Trinajstić information content (AvgIpc) is 3.14. The predicted molar refractivity (Wildman–Crippen MR) is 241 cm³/mol. The van der Waals surface area contributed by atoms with Gasteiger partial charge >= 0.3 is 23.5 Å². The fourth-order valence-electron chi connectivity index (χ4n) is 4.46. The van der Waals surface area contributed by atoms with Crippen LogP contribution in [-0.2, 0) is 69.5 Å². The number of ether oxygens (including phenoxy) is 2. The third-order valence-corrected chi connectivity index (χ3v) is 11.2. The fraction of sp³-hybridized carbons (Fsp3) is 0.900. The molecule has 0 aliphatic heterocycles. The largest absolute Gasteiger partial charge is 0.474 e. The summed E-state index contributed by atoms with van der Waals surface area (Å²) in [6.07, 6.45) is 4.57. The van der Waals surface area contributed by atoms with Crippen LogP contribution < -0.4 is 10.6 Å². The van der Waals surface area contributed by atoms with Crippen LogP contribution >= 0.6 is 23.5 Å². The Morgan fingerprint density at radius 3 is 1.19 bits per heavy atom. The molecule has 0 saturated carbocycles. The van der Waals surface area contributed by atoms with Crippen molar-refractivity contribution in [2.45, 2.75) is 159 Å². The van der Waals surface area contributed by atoms with E-state index in [-0.39, 0.29) is 62.4 Å². The first kappa shape index (κ1) is 66.8. The highest BCUT2D eigenvalue weighted by atomic mass is 31.2. The number of aliphatic hydroxyl groups excluding tert-OH is 1. The summed E-state index contributed by atoms with van der Waals surface area (Å²) in [5.74, 6) is 0.728. The Balaban J connectivity index is -0.000000888. The second-order valence-electron chi connectivity index (χ2n) is 16.5. The fourth-order valence-corrected chi connectivity index (χ4v) is 6.98. The molecular weight excluding hydrogens is 905 g/mol. The molecule has 0 spiro atoms. The number of nitrogens with one attached hydrogen (secondary N) is 2. The highest BCUT2D eigenvalue weighted by Gasteiger charge is 2.25. The number of hydrogen-bond donors (Lipinski definition) is 6. The molecular formula is C40H83N2O19P3. The van der Waals surface area contributed by atoms with Crippen LogP contribution in [0.15, 0.2) is 0 Å². The van der Waals surface area contributed by atoms with Crippen molar-refractivity contribution in [1.29, 1.82) is 0 Å². The first-order valence-corrected chi connectivity index (χ1v) is 26.3. The molecule has 0 radical (unpaired) electrons. The van der Waals surface area contributed by atoms with E-state index in [1.807, 2.05) is 27.7 Å². The molecule has 0 bridgehead atoms. The van der Waals surface area contributed by atoms with Crippen molar-refractivity contribution in [1.82, 2.24) is 10.6 Å². The molecule has 0 rings (SSSR count). The summed E-state index contributed by atoms with van der Waals surface area (Å²) in [6, 6.07) is 0. The number of phosphoric ester groups is 3. The number of carbonyl (C=O) groups is 4. The van der Waals surface area contributed by atoms with Gasteiger partial charge in [-0.1, -0.05) is 41.5 Å². The van der Waals surface area contributed by atoms with Crippen molar-refractivity contribution in [2.75, 3.05) is 53.1 Å². The van der Waals surface area contributed by atoms with E-state index in [2.05, 4.69) is 42.6 Å². The quantitative estimate of drug-likeness (QED) is 0.0209. The number of phosphoric acid groups is 3. The smallest absolute Gasteiger partial charge is 0.396 e. The third-order valence-electron chi connectivity index (χ3n) is 7.76. The van der Waals surface area contributed by atoms with Crippen LogP contribution in [0, 0.1) is 23.7 Å². The summed E-state index contributed by atoms with van der Waals surface area (Å²) in [6.45, 7) is 20.8. The lowest BCUT2D eigenvalue weighted by Gasteiger charge is -2.18. The molecule has 0 saturated heterocycles. The van der Waals surface area contributed by atoms with E-state index in [1.54, 1.807) is 41.5 Å². The van der Waals surface area contributed by atoms with Crippen molar-refractivity contribution in [3.63, 3.8) is 0 Å². The number of ketones is 2. The molecule has 3 unspecified atom stereocenters. The van der Waals surface area contributed by atoms with Crippen LogP contribution in [-0.4, -0.2) is 115 Å². The summed E-state index contributed by atoms with van der Waals surface area (Å²) < 4.78 is 72.1. The maximum atomic E-state index is 11.5. The second-order valence-corrected chi connectivity index (χ2v) is 20.7. The normalized spacial score (nSPS) is 14.9. The van der Waals surface area contributed by atoms with Gasteiger partial charge in [0.15, 0.2) is 13.6 Å². The van der Waals surface area contributed by atoms with Gasteiger partial charge in [0.25, 0.3) is 0 Å². The van der Waals surface area contributed by atoms with Crippen molar-refractivity contribution >= 4 is 46.8 Å². The van der Waals surface area contributed by atoms with Gasteiger partial charge in [0.2, 0.25) is 11.8 Å². The standard InChI is InChI=1S/C14H28NO6P.C14H27NO2.C12H28O11P2/c1-11(2)13(16)7-5-6-8-14(17)15-9-10-20-22(18,19)21-12(3)4;1-11(2)9-10-15-14(17)8-6-5-7-13(16)12(3)4;1-10(2)22-24(14,15)20-8-18-6-12(5-13)7-19-9-21-25(16,17)23-11(3)4/h11-12H,5-10H2,1-4H3,(H,15,17)(H,18,19);11-12H,5-10H2,1-4H3,(H,15,17);10-13H,5-9H2,1-4H3,(H,14,15)(H,16,17). The number of amides is 2. The maximum absolute atomic E-state index is 11.5. The van der Waals surface area contributed by atoms with Gasteiger partial charge in [-0.15, -0.1) is 0 Å². The molecule has 0 aromatic carbocycles. The van der Waals surface area contributed by atoms with Gasteiger partial charge in [-0.05, 0) is 79.6 Å². The maximum Gasteiger partial charge on any atom is 0.474 e. The molecule has 3 atom stereocenters. The van der Waals surface area contributed by atoms with Crippen LogP contribution in [0.1, 0.15) is 141 Å². The van der Waals surface area contributed by atoms with Crippen molar-refractivity contribution in [3.8, 4) is 0 Å². The van der Waals surface area contributed by atoms with Crippen LogP contribution in [0.2, 0.25) is 0 Å². The number of hydrogen-bond acceptors (Lipinski definition) is 16. The zero-order chi connectivity index (χ0) is 49.9. The molecule has 2 amide bonds. The van der Waals surface area contributed by atoms with E-state index in [4.69, 9.17) is 18.5 Å². The molecule has 382 valence electrons. The summed E-state index contributed by atoms with van der Waals surface area (Å²) in [5.41, 5.74) is 0. The number of carbonyl (C=O) groups excluding carboxylic acids is 4. The Morgan fingerprint density at radius 1 is 0.516 bits per heavy atom. The lowest BCUT2D eigenvalue weighted by atomic mass is 10.0. The lowest BCUT2D eigenvalue weighted by Crippen LogP contribution is -2.26. The summed E-state index contributed by atoms with van der Waals surface area (Å²) in [4.78, 5) is 73.5. The SMILES string of the molecule is CC(C)CCNC(=O)CCCCC(=O)C(C)C.CC(C)OP(=O)(O)OCCNC(=O)CCCCC(=O)C(C)C.CC(C)OP(=O)(O)OCOCC(CO)COCOP(=O)(O)OC(C)C. The zero-order valence-corrected chi connectivity index (χ0v) is 43.0. The molecule has 0 aromatic heterocycles. The molecule has 21 nitrogen and oxygen atoms in total. The Hall–Kier alpha value is -1.51. The van der Waals surface area contributed by atoms with E-state index in [0.29, 0.717) is 50.2 Å². The number of rotatable bonds is 36. The highest BCUT2D eigenvalue weighted by Crippen LogP contribution is 2.45. The van der Waals surface area contributed by atoms with E-state index in [9.17, 15) is 52.7 Å². The number of Topliss-reactive ketones (excluding diaryl/α,β-unsaturated/α-hetero) is 2. The lowest BCUT2D eigenvalue weighted by molar-refractivity contribution is -0.123.